The quantitative estimate of drug-likeness (QED) is 0.325. The van der Waals surface area contributed by atoms with Crippen LogP contribution in [0, 0.1) is 0 Å². The molecule has 0 saturated carbocycles. The fraction of sp³-hybridized carbons (Fsp3) is 0.500. The van der Waals surface area contributed by atoms with Gasteiger partial charge in [0.05, 0.1) is 7.11 Å². The standard InChI is InChI=1S/C14H20N4O2/c1-20-13-7-4-12(5-8-13)6-9-14(19)16-10-2-3-11-17-18-15/h4-5,7-8H,2-3,6,9-11H2,1H3,(H,16,19). The molecule has 0 aliphatic carbocycles. The van der Waals surface area contributed by atoms with E-state index in [-0.39, 0.29) is 5.91 Å². The van der Waals surface area contributed by atoms with Crippen LogP contribution in [0.2, 0.25) is 0 Å². The van der Waals surface area contributed by atoms with Crippen molar-refractivity contribution < 1.29 is 9.53 Å². The van der Waals surface area contributed by atoms with Gasteiger partial charge in [0.25, 0.3) is 0 Å². The number of aryl methyl sites for hydroxylation is 1. The number of amides is 1. The van der Waals surface area contributed by atoms with Crippen LogP contribution in [0.1, 0.15) is 24.8 Å². The van der Waals surface area contributed by atoms with Gasteiger partial charge in [-0.05, 0) is 42.5 Å². The molecule has 0 aliphatic rings. The van der Waals surface area contributed by atoms with Crippen LogP contribution in [0.3, 0.4) is 0 Å². The Balaban J connectivity index is 2.14. The lowest BCUT2D eigenvalue weighted by Crippen LogP contribution is -2.24. The lowest BCUT2D eigenvalue weighted by molar-refractivity contribution is -0.121. The van der Waals surface area contributed by atoms with Gasteiger partial charge >= 0.3 is 0 Å². The van der Waals surface area contributed by atoms with E-state index >= 15 is 0 Å². The van der Waals surface area contributed by atoms with Crippen LogP contribution in [0.25, 0.3) is 10.4 Å². The summed E-state index contributed by atoms with van der Waals surface area (Å²) in [5.41, 5.74) is 9.22. The van der Waals surface area contributed by atoms with Gasteiger partial charge in [0.2, 0.25) is 5.91 Å². The normalized spacial score (nSPS) is 9.65. The lowest BCUT2D eigenvalue weighted by atomic mass is 10.1. The zero-order chi connectivity index (χ0) is 14.6. The molecule has 0 atom stereocenters. The first-order valence-electron chi connectivity index (χ1n) is 6.66. The zero-order valence-corrected chi connectivity index (χ0v) is 11.7. The van der Waals surface area contributed by atoms with Crippen LogP contribution in [-0.2, 0) is 11.2 Å². The highest BCUT2D eigenvalue weighted by atomic mass is 16.5. The van der Waals surface area contributed by atoms with Crippen LogP contribution in [0.15, 0.2) is 29.4 Å². The molecule has 0 aromatic heterocycles. The maximum absolute atomic E-state index is 11.6. The summed E-state index contributed by atoms with van der Waals surface area (Å²) in [6.07, 6.45) is 2.81. The van der Waals surface area contributed by atoms with Gasteiger partial charge in [0.1, 0.15) is 5.75 Å². The van der Waals surface area contributed by atoms with E-state index < -0.39 is 0 Å². The summed E-state index contributed by atoms with van der Waals surface area (Å²) in [7, 11) is 1.63. The maximum atomic E-state index is 11.6. The van der Waals surface area contributed by atoms with Gasteiger partial charge in [-0.1, -0.05) is 17.2 Å². The minimum absolute atomic E-state index is 0.0459. The Labute approximate surface area is 118 Å². The zero-order valence-electron chi connectivity index (χ0n) is 11.7. The smallest absolute Gasteiger partial charge is 0.220 e. The number of methoxy groups -OCH3 is 1. The molecule has 1 aromatic carbocycles. The summed E-state index contributed by atoms with van der Waals surface area (Å²) >= 11 is 0. The molecule has 1 aromatic rings. The minimum atomic E-state index is 0.0459. The van der Waals surface area contributed by atoms with E-state index in [0.717, 1.165) is 24.2 Å². The number of benzene rings is 1. The predicted octanol–water partition coefficient (Wildman–Crippen LogP) is 2.83. The van der Waals surface area contributed by atoms with E-state index in [1.165, 1.54) is 0 Å². The van der Waals surface area contributed by atoms with Crippen molar-refractivity contribution in [3.63, 3.8) is 0 Å². The third-order valence-electron chi connectivity index (χ3n) is 2.87. The molecular weight excluding hydrogens is 256 g/mol. The van der Waals surface area contributed by atoms with Crippen LogP contribution < -0.4 is 10.1 Å². The summed E-state index contributed by atoms with van der Waals surface area (Å²) < 4.78 is 5.08. The van der Waals surface area contributed by atoms with Gasteiger partial charge in [-0.2, -0.15) is 0 Å². The fourth-order valence-electron chi connectivity index (χ4n) is 1.72. The number of rotatable bonds is 9. The highest BCUT2D eigenvalue weighted by Gasteiger charge is 2.02. The Morgan fingerprint density at radius 2 is 2.10 bits per heavy atom. The average Bonchev–Trinajstić information content (AvgIpc) is 2.49. The summed E-state index contributed by atoms with van der Waals surface area (Å²) in [5, 5.41) is 6.29. The Morgan fingerprint density at radius 1 is 1.35 bits per heavy atom. The van der Waals surface area contributed by atoms with Crippen LogP contribution in [0.5, 0.6) is 5.75 Å². The number of carbonyl (C=O) groups excluding carboxylic acids is 1. The van der Waals surface area contributed by atoms with E-state index in [1.807, 2.05) is 24.3 Å². The van der Waals surface area contributed by atoms with Gasteiger partial charge in [0.15, 0.2) is 0 Å². The van der Waals surface area contributed by atoms with Crippen molar-refractivity contribution >= 4 is 5.91 Å². The molecule has 0 bridgehead atoms. The van der Waals surface area contributed by atoms with Crippen molar-refractivity contribution in [1.82, 2.24) is 5.32 Å². The number of carbonyl (C=O) groups is 1. The van der Waals surface area contributed by atoms with E-state index in [1.54, 1.807) is 7.11 Å². The molecule has 0 spiro atoms. The van der Waals surface area contributed by atoms with Crippen LogP contribution >= 0.6 is 0 Å². The third kappa shape index (κ3) is 6.66. The summed E-state index contributed by atoms with van der Waals surface area (Å²) in [6.45, 7) is 1.11. The van der Waals surface area contributed by atoms with Crippen LogP contribution in [-0.4, -0.2) is 26.1 Å². The molecule has 0 fully saturated rings. The Bertz CT molecular complexity index is 453. The molecule has 20 heavy (non-hydrogen) atoms. The molecule has 0 heterocycles. The van der Waals surface area contributed by atoms with Gasteiger partial charge in [0, 0.05) is 24.4 Å². The van der Waals surface area contributed by atoms with Gasteiger partial charge in [-0.25, -0.2) is 0 Å². The largest absolute Gasteiger partial charge is 0.497 e. The van der Waals surface area contributed by atoms with Crippen molar-refractivity contribution in [2.45, 2.75) is 25.7 Å². The van der Waals surface area contributed by atoms with E-state index in [0.29, 0.717) is 25.9 Å². The molecule has 0 saturated heterocycles. The van der Waals surface area contributed by atoms with Gasteiger partial charge < -0.3 is 10.1 Å². The molecule has 0 radical (unpaired) electrons. The van der Waals surface area contributed by atoms with E-state index in [4.69, 9.17) is 10.3 Å². The Morgan fingerprint density at radius 3 is 2.75 bits per heavy atom. The number of hydrogen-bond donors (Lipinski definition) is 1. The monoisotopic (exact) mass is 276 g/mol. The highest BCUT2D eigenvalue weighted by molar-refractivity contribution is 5.76. The molecule has 1 rings (SSSR count). The maximum Gasteiger partial charge on any atom is 0.220 e. The molecular formula is C14H20N4O2. The first-order chi connectivity index (χ1) is 9.76. The Kier molecular flexibility index (Phi) is 7.69. The third-order valence-corrected chi connectivity index (χ3v) is 2.87. The average molecular weight is 276 g/mol. The predicted molar refractivity (Wildman–Crippen MR) is 77.6 cm³/mol. The number of hydrogen-bond acceptors (Lipinski definition) is 3. The second-order valence-electron chi connectivity index (χ2n) is 4.36. The number of unbranched alkanes of at least 4 members (excludes halogenated alkanes) is 1. The van der Waals surface area contributed by atoms with Crippen LogP contribution in [0.4, 0.5) is 0 Å². The highest BCUT2D eigenvalue weighted by Crippen LogP contribution is 2.12. The molecule has 0 unspecified atom stereocenters. The first kappa shape index (κ1) is 15.9. The fourth-order valence-corrected chi connectivity index (χ4v) is 1.72. The summed E-state index contributed by atoms with van der Waals surface area (Å²) in [5.74, 6) is 0.864. The second-order valence-corrected chi connectivity index (χ2v) is 4.36. The van der Waals surface area contributed by atoms with Gasteiger partial charge in [-0.3, -0.25) is 4.79 Å². The minimum Gasteiger partial charge on any atom is -0.497 e. The molecule has 1 N–H and O–H groups in total. The van der Waals surface area contributed by atoms with Crippen molar-refractivity contribution in [1.29, 1.82) is 0 Å². The topological polar surface area (TPSA) is 87.1 Å². The number of nitrogens with zero attached hydrogens (tertiary/aromatic N) is 3. The molecule has 108 valence electrons. The van der Waals surface area contributed by atoms with Crippen molar-refractivity contribution in [3.05, 3.63) is 40.3 Å². The second kappa shape index (κ2) is 9.69. The Hall–Kier alpha value is -2.20. The van der Waals surface area contributed by atoms with Crippen molar-refractivity contribution in [3.8, 4) is 5.75 Å². The first-order valence-corrected chi connectivity index (χ1v) is 6.66. The number of nitrogens with one attached hydrogen (secondary N) is 1. The van der Waals surface area contributed by atoms with Crippen molar-refractivity contribution in [2.24, 2.45) is 5.11 Å². The molecule has 6 heteroatoms. The SMILES string of the molecule is COc1ccc(CCC(=O)NCCCCN=[N+]=[N-])cc1. The number of ether oxygens (including phenoxy) is 1. The lowest BCUT2D eigenvalue weighted by Gasteiger charge is -2.05. The summed E-state index contributed by atoms with van der Waals surface area (Å²) in [4.78, 5) is 14.3. The van der Waals surface area contributed by atoms with Crippen molar-refractivity contribution in [2.75, 3.05) is 20.2 Å². The summed E-state index contributed by atoms with van der Waals surface area (Å²) in [6, 6.07) is 7.71. The molecule has 1 amide bonds. The van der Waals surface area contributed by atoms with E-state index in [2.05, 4.69) is 15.3 Å². The van der Waals surface area contributed by atoms with Gasteiger partial charge in [-0.15, -0.1) is 0 Å². The number of azide groups is 1. The van der Waals surface area contributed by atoms with E-state index in [9.17, 15) is 4.79 Å². The molecule has 0 aliphatic heterocycles. The molecule has 6 nitrogen and oxygen atoms in total.